The first-order valence-electron chi connectivity index (χ1n) is 6.79. The lowest BCUT2D eigenvalue weighted by molar-refractivity contribution is -0.142. The first-order valence-corrected chi connectivity index (χ1v) is 6.79. The lowest BCUT2D eigenvalue weighted by Gasteiger charge is -2.30. The Hall–Kier alpha value is -1.85. The van der Waals surface area contributed by atoms with Crippen molar-refractivity contribution in [1.82, 2.24) is 14.7 Å². The molecule has 1 amide bonds. The molecule has 20 heavy (non-hydrogen) atoms. The second-order valence-corrected chi connectivity index (χ2v) is 5.70. The molecular formula is C14H21N3O3. The zero-order valence-corrected chi connectivity index (χ0v) is 12.5. The average molecular weight is 279 g/mol. The molecule has 1 aliphatic heterocycles. The third-order valence-electron chi connectivity index (χ3n) is 4.10. The Labute approximate surface area is 118 Å². The summed E-state index contributed by atoms with van der Waals surface area (Å²) in [5.41, 5.74) is 2.58. The van der Waals surface area contributed by atoms with Gasteiger partial charge in [0.25, 0.3) is 0 Å². The van der Waals surface area contributed by atoms with Crippen LogP contribution in [0.25, 0.3) is 0 Å². The number of carbonyl (C=O) groups excluding carboxylic acids is 1. The smallest absolute Gasteiger partial charge is 0.309 e. The minimum Gasteiger partial charge on any atom is -0.481 e. The number of rotatable bonds is 3. The van der Waals surface area contributed by atoms with E-state index >= 15 is 0 Å². The summed E-state index contributed by atoms with van der Waals surface area (Å²) in [7, 11) is 1.83. The topological polar surface area (TPSA) is 75.4 Å². The Kier molecular flexibility index (Phi) is 3.58. The minimum absolute atomic E-state index is 0.0316. The van der Waals surface area contributed by atoms with E-state index in [9.17, 15) is 14.7 Å². The van der Waals surface area contributed by atoms with Crippen molar-refractivity contribution in [3.05, 3.63) is 17.0 Å². The minimum atomic E-state index is -0.922. The first kappa shape index (κ1) is 14.6. The molecule has 2 heterocycles. The van der Waals surface area contributed by atoms with E-state index in [2.05, 4.69) is 5.10 Å². The molecule has 1 aromatic rings. The number of aliphatic carboxylic acids is 1. The molecule has 1 aliphatic rings. The largest absolute Gasteiger partial charge is 0.481 e. The first-order chi connectivity index (χ1) is 9.25. The Bertz CT molecular complexity index is 562. The van der Waals surface area contributed by atoms with Crippen molar-refractivity contribution in [3.8, 4) is 0 Å². The van der Waals surface area contributed by atoms with E-state index in [1.54, 1.807) is 9.58 Å². The van der Waals surface area contributed by atoms with Crippen LogP contribution in [-0.4, -0.2) is 37.7 Å². The standard InChI is InChI=1S/C14H21N3O3/c1-7(2)17-11(18)6-10(14(19)20)13(17)12-8(3)15-16(5)9(12)4/h7,10,13H,6H2,1-5H3,(H,19,20). The molecule has 6 nitrogen and oxygen atoms in total. The number of aromatic nitrogens is 2. The number of aryl methyl sites for hydroxylation is 2. The lowest BCUT2D eigenvalue weighted by atomic mass is 9.92. The van der Waals surface area contributed by atoms with E-state index in [1.165, 1.54) is 0 Å². The number of nitrogens with zero attached hydrogens (tertiary/aromatic N) is 3. The van der Waals surface area contributed by atoms with Crippen LogP contribution in [0.5, 0.6) is 0 Å². The Morgan fingerprint density at radius 3 is 2.40 bits per heavy atom. The van der Waals surface area contributed by atoms with E-state index in [-0.39, 0.29) is 18.4 Å². The van der Waals surface area contributed by atoms with Gasteiger partial charge in [0.2, 0.25) is 5.91 Å². The molecule has 6 heteroatoms. The van der Waals surface area contributed by atoms with Crippen LogP contribution in [0.3, 0.4) is 0 Å². The van der Waals surface area contributed by atoms with Crippen molar-refractivity contribution in [3.63, 3.8) is 0 Å². The van der Waals surface area contributed by atoms with Gasteiger partial charge in [-0.1, -0.05) is 0 Å². The van der Waals surface area contributed by atoms with E-state index in [1.807, 2.05) is 34.7 Å². The molecule has 0 spiro atoms. The maximum Gasteiger partial charge on any atom is 0.309 e. The summed E-state index contributed by atoms with van der Waals surface area (Å²) in [6, 6.07) is -0.454. The van der Waals surface area contributed by atoms with Gasteiger partial charge in [-0.3, -0.25) is 14.3 Å². The van der Waals surface area contributed by atoms with Gasteiger partial charge in [0, 0.05) is 30.8 Å². The normalized spacial score (nSPS) is 22.9. The molecule has 2 unspecified atom stereocenters. The maximum atomic E-state index is 12.2. The summed E-state index contributed by atoms with van der Waals surface area (Å²) in [5, 5.41) is 13.8. The van der Waals surface area contributed by atoms with E-state index in [4.69, 9.17) is 0 Å². The van der Waals surface area contributed by atoms with Gasteiger partial charge in [0.15, 0.2) is 0 Å². The molecule has 0 saturated carbocycles. The summed E-state index contributed by atoms with van der Waals surface area (Å²) in [5.74, 6) is -1.72. The van der Waals surface area contributed by atoms with Crippen molar-refractivity contribution in [2.24, 2.45) is 13.0 Å². The number of hydrogen-bond acceptors (Lipinski definition) is 3. The summed E-state index contributed by atoms with van der Waals surface area (Å²) in [6.07, 6.45) is 0.0615. The molecule has 0 bridgehead atoms. The third kappa shape index (κ3) is 2.09. The molecule has 1 fully saturated rings. The van der Waals surface area contributed by atoms with Gasteiger partial charge < -0.3 is 10.0 Å². The van der Waals surface area contributed by atoms with E-state index < -0.39 is 17.9 Å². The Morgan fingerprint density at radius 1 is 1.40 bits per heavy atom. The molecule has 1 N–H and O–H groups in total. The van der Waals surface area contributed by atoms with Gasteiger partial charge in [-0.25, -0.2) is 0 Å². The van der Waals surface area contributed by atoms with Crippen LogP contribution in [0.2, 0.25) is 0 Å². The number of carboxylic acids is 1. The van der Waals surface area contributed by atoms with Crippen molar-refractivity contribution < 1.29 is 14.7 Å². The lowest BCUT2D eigenvalue weighted by Crippen LogP contribution is -2.36. The maximum absolute atomic E-state index is 12.2. The molecule has 0 aliphatic carbocycles. The van der Waals surface area contributed by atoms with Gasteiger partial charge in [-0.2, -0.15) is 5.10 Å². The second kappa shape index (κ2) is 4.92. The fourth-order valence-electron chi connectivity index (χ4n) is 3.14. The highest BCUT2D eigenvalue weighted by Crippen LogP contribution is 2.41. The van der Waals surface area contributed by atoms with Crippen molar-refractivity contribution >= 4 is 11.9 Å². The molecule has 2 atom stereocenters. The number of hydrogen-bond donors (Lipinski definition) is 1. The fourth-order valence-corrected chi connectivity index (χ4v) is 3.14. The summed E-state index contributed by atoms with van der Waals surface area (Å²) >= 11 is 0. The van der Waals surface area contributed by atoms with Gasteiger partial charge in [0.05, 0.1) is 17.7 Å². The zero-order chi connectivity index (χ0) is 15.2. The van der Waals surface area contributed by atoms with E-state index in [0.29, 0.717) is 0 Å². The number of carbonyl (C=O) groups is 2. The molecular weight excluding hydrogens is 258 g/mol. The van der Waals surface area contributed by atoms with Crippen LogP contribution >= 0.6 is 0 Å². The predicted octanol–water partition coefficient (Wildman–Crippen LogP) is 1.42. The van der Waals surface area contributed by atoms with Crippen molar-refractivity contribution in [2.75, 3.05) is 0 Å². The van der Waals surface area contributed by atoms with Gasteiger partial charge >= 0.3 is 5.97 Å². The van der Waals surface area contributed by atoms with Crippen LogP contribution in [-0.2, 0) is 16.6 Å². The van der Waals surface area contributed by atoms with Gasteiger partial charge in [-0.15, -0.1) is 0 Å². The molecule has 2 rings (SSSR count). The second-order valence-electron chi connectivity index (χ2n) is 5.70. The van der Waals surface area contributed by atoms with Crippen LogP contribution in [0.1, 0.15) is 43.3 Å². The molecule has 110 valence electrons. The van der Waals surface area contributed by atoms with Crippen molar-refractivity contribution in [1.29, 1.82) is 0 Å². The highest BCUT2D eigenvalue weighted by Gasteiger charge is 2.47. The molecule has 0 radical (unpaired) electrons. The van der Waals surface area contributed by atoms with Gasteiger partial charge in [-0.05, 0) is 27.7 Å². The monoisotopic (exact) mass is 279 g/mol. The highest BCUT2D eigenvalue weighted by molar-refractivity contribution is 5.87. The summed E-state index contributed by atoms with van der Waals surface area (Å²) in [6.45, 7) is 7.60. The van der Waals surface area contributed by atoms with Gasteiger partial charge in [0.1, 0.15) is 0 Å². The number of likely N-dealkylation sites (tertiary alicyclic amines) is 1. The SMILES string of the molecule is Cc1nn(C)c(C)c1C1C(C(=O)O)CC(=O)N1C(C)C. The highest BCUT2D eigenvalue weighted by atomic mass is 16.4. The zero-order valence-electron chi connectivity index (χ0n) is 12.5. The van der Waals surface area contributed by atoms with Crippen LogP contribution in [0.15, 0.2) is 0 Å². The third-order valence-corrected chi connectivity index (χ3v) is 4.10. The van der Waals surface area contributed by atoms with Crippen LogP contribution in [0, 0.1) is 19.8 Å². The average Bonchev–Trinajstić information content (AvgIpc) is 2.77. The predicted molar refractivity (Wildman–Crippen MR) is 73.1 cm³/mol. The summed E-state index contributed by atoms with van der Waals surface area (Å²) < 4.78 is 1.74. The quantitative estimate of drug-likeness (QED) is 0.908. The summed E-state index contributed by atoms with van der Waals surface area (Å²) in [4.78, 5) is 25.4. The molecule has 1 saturated heterocycles. The Balaban J connectivity index is 2.58. The van der Waals surface area contributed by atoms with E-state index in [0.717, 1.165) is 17.0 Å². The molecule has 0 aromatic carbocycles. The van der Waals surface area contributed by atoms with Crippen LogP contribution < -0.4 is 0 Å². The Morgan fingerprint density at radius 2 is 2.00 bits per heavy atom. The van der Waals surface area contributed by atoms with Crippen molar-refractivity contribution in [2.45, 2.75) is 46.2 Å². The van der Waals surface area contributed by atoms with Crippen LogP contribution in [0.4, 0.5) is 0 Å². The fraction of sp³-hybridized carbons (Fsp3) is 0.643. The molecule has 1 aromatic heterocycles. The number of amides is 1. The number of carboxylic acid groups (broad SMARTS) is 1.